The van der Waals surface area contributed by atoms with Crippen molar-refractivity contribution in [1.29, 1.82) is 0 Å². The van der Waals surface area contributed by atoms with E-state index in [0.29, 0.717) is 0 Å². The molecule has 0 aliphatic heterocycles. The molecule has 4 heteroatoms. The van der Waals surface area contributed by atoms with E-state index in [9.17, 15) is 0 Å². The van der Waals surface area contributed by atoms with Crippen molar-refractivity contribution in [1.82, 2.24) is 0 Å². The van der Waals surface area contributed by atoms with E-state index >= 15 is 0 Å². The van der Waals surface area contributed by atoms with Crippen LogP contribution in [0.25, 0.3) is 5.57 Å². The van der Waals surface area contributed by atoms with Crippen molar-refractivity contribution < 1.29 is 37.7 Å². The molecule has 0 saturated carbocycles. The second-order valence-electron chi connectivity index (χ2n) is 8.07. The van der Waals surface area contributed by atoms with Gasteiger partial charge in [-0.1, -0.05) is 77.2 Å². The first-order valence-corrected chi connectivity index (χ1v) is 15.5. The Morgan fingerprint density at radius 2 is 1.33 bits per heavy atom. The van der Waals surface area contributed by atoms with E-state index in [2.05, 4.69) is 87.9 Å². The first kappa shape index (κ1) is 26.6. The van der Waals surface area contributed by atoms with Crippen molar-refractivity contribution in [2.45, 2.75) is 65.5 Å². The summed E-state index contributed by atoms with van der Waals surface area (Å²) in [6, 6.07) is 10.8. The summed E-state index contributed by atoms with van der Waals surface area (Å²) in [5.74, 6) is 0. The van der Waals surface area contributed by atoms with Gasteiger partial charge in [0.15, 0.2) is 0 Å². The van der Waals surface area contributed by atoms with Crippen LogP contribution in [-0.4, -0.2) is 16.1 Å². The Morgan fingerprint density at radius 3 is 1.75 bits per heavy atom. The van der Waals surface area contributed by atoms with Crippen LogP contribution in [0, 0.1) is 11.4 Å². The second kappa shape index (κ2) is 11.9. The van der Waals surface area contributed by atoms with E-state index < -0.39 is 16.1 Å². The molecule has 0 unspecified atom stereocenters. The van der Waals surface area contributed by atoms with Crippen molar-refractivity contribution in [3.8, 4) is 0 Å². The first-order chi connectivity index (χ1) is 10.1. The van der Waals surface area contributed by atoms with E-state index in [0.717, 1.165) is 6.42 Å². The molecule has 1 rings (SSSR count). The van der Waals surface area contributed by atoms with Gasteiger partial charge in [0.2, 0.25) is 0 Å². The molecule has 0 aromatic heterocycles. The molecule has 0 bridgehead atoms. The molecule has 122 valence electrons. The fourth-order valence-corrected chi connectivity index (χ4v) is 4.56. The van der Waals surface area contributed by atoms with Crippen molar-refractivity contribution in [3.63, 3.8) is 0 Å². The number of rotatable bonds is 7. The summed E-state index contributed by atoms with van der Waals surface area (Å²) >= 11 is 0. The molecule has 0 heterocycles. The number of allylic oxidation sites excluding steroid dienone is 2. The number of hydrogen-bond acceptors (Lipinski definition) is 0. The van der Waals surface area contributed by atoms with Crippen LogP contribution in [0.5, 0.6) is 0 Å². The minimum Gasteiger partial charge on any atom is -0.344 e. The fraction of sp³-hybridized carbons (Fsp3) is 0.500. The van der Waals surface area contributed by atoms with Gasteiger partial charge in [0.1, 0.15) is 0 Å². The van der Waals surface area contributed by atoms with Crippen LogP contribution in [0.2, 0.25) is 39.3 Å². The molecule has 0 aliphatic rings. The predicted molar refractivity (Wildman–Crippen MR) is 106 cm³/mol. The molecule has 24 heavy (non-hydrogen) atoms. The molecular weight excluding hydrogens is 310 g/mol. The van der Waals surface area contributed by atoms with Crippen LogP contribution >= 0.6 is 0 Å². The van der Waals surface area contributed by atoms with Gasteiger partial charge in [0.05, 0.1) is 0 Å². The molecule has 0 atom stereocenters. The summed E-state index contributed by atoms with van der Waals surface area (Å²) in [5.41, 5.74) is 11.8. The maximum Gasteiger partial charge on any atom is 1.00 e. The van der Waals surface area contributed by atoms with E-state index in [1.54, 1.807) is 0 Å². The van der Waals surface area contributed by atoms with Gasteiger partial charge in [0, 0.05) is 0 Å². The third-order valence-corrected chi connectivity index (χ3v) is 5.22. The second-order valence-corrected chi connectivity index (χ2v) is 17.6. The summed E-state index contributed by atoms with van der Waals surface area (Å²) in [5, 5.41) is 0. The van der Waals surface area contributed by atoms with Crippen LogP contribution in [0.4, 0.5) is 0 Å². The van der Waals surface area contributed by atoms with Crippen molar-refractivity contribution in [2.75, 3.05) is 0 Å². The summed E-state index contributed by atoms with van der Waals surface area (Å²) in [4.78, 5) is 0. The Bertz CT molecular complexity index is 521. The molecule has 1 aromatic rings. The Balaban J connectivity index is 0. The van der Waals surface area contributed by atoms with E-state index in [1.165, 1.54) is 29.6 Å². The Morgan fingerprint density at radius 1 is 0.833 bits per heavy atom. The average Bonchev–Trinajstić information content (AvgIpc) is 2.40. The molecule has 0 aliphatic carbocycles. The molecule has 0 N–H and O–H groups in total. The number of hydrogen-bond donors (Lipinski definition) is 0. The van der Waals surface area contributed by atoms with Gasteiger partial charge in [-0.2, -0.15) is 0 Å². The van der Waals surface area contributed by atoms with Gasteiger partial charge >= 0.3 is 37.7 Å². The zero-order valence-corrected chi connectivity index (χ0v) is 19.5. The molecular formula is C20H32Li2Si2. The number of unbranched alkanes of at least 4 members (excludes halogenated alkanes) is 1. The van der Waals surface area contributed by atoms with Gasteiger partial charge in [-0.25, -0.2) is 5.56 Å². The molecule has 0 fully saturated rings. The third kappa shape index (κ3) is 11.0. The van der Waals surface area contributed by atoms with Crippen LogP contribution in [0.1, 0.15) is 31.7 Å². The zero-order valence-electron chi connectivity index (χ0n) is 17.5. The Labute approximate surface area is 177 Å². The molecule has 0 radical (unpaired) electrons. The minimum atomic E-state index is -1.41. The van der Waals surface area contributed by atoms with Gasteiger partial charge in [-0.05, 0) is 16.1 Å². The van der Waals surface area contributed by atoms with Gasteiger partial charge in [0.25, 0.3) is 0 Å². The van der Waals surface area contributed by atoms with Crippen LogP contribution in [0.3, 0.4) is 0 Å². The molecule has 0 spiro atoms. The summed E-state index contributed by atoms with van der Waals surface area (Å²) < 4.78 is 0. The van der Waals surface area contributed by atoms with Crippen LogP contribution in [-0.2, 0) is 0 Å². The van der Waals surface area contributed by atoms with E-state index in [1.807, 2.05) is 0 Å². The SMILES string of the molecule is CCCCC(=[C-][Si](C)(C)C)C(=[C-][Si](C)(C)C)c1ccccc1.[Li+].[Li+]. The van der Waals surface area contributed by atoms with Gasteiger partial charge in [-0.3, -0.25) is 0 Å². The molecule has 1 aromatic carbocycles. The van der Waals surface area contributed by atoms with Crippen molar-refractivity contribution in [3.05, 3.63) is 52.9 Å². The fourth-order valence-electron chi connectivity index (χ4n) is 2.36. The first-order valence-electron chi connectivity index (χ1n) is 8.47. The summed E-state index contributed by atoms with van der Waals surface area (Å²) in [7, 11) is -2.79. The standard InChI is InChI=1S/C20H32Si2.2Li/c1-8-9-13-19(16-21(2,3)4)20(17-22(5,6)7)18-14-11-10-12-15-18;;/h10-12,14-15H,8-9,13H2,1-7H3;;/q-2;2*+1. The minimum absolute atomic E-state index is 0. The molecule has 0 nitrogen and oxygen atoms in total. The molecule has 0 saturated heterocycles. The van der Waals surface area contributed by atoms with E-state index in [-0.39, 0.29) is 37.7 Å². The third-order valence-electron chi connectivity index (χ3n) is 3.17. The zero-order chi connectivity index (χ0) is 16.8. The summed E-state index contributed by atoms with van der Waals surface area (Å²) in [6.45, 7) is 16.5. The maximum absolute atomic E-state index is 3.89. The smallest absolute Gasteiger partial charge is 0.344 e. The Kier molecular flexibility index (Phi) is 13.1. The number of benzene rings is 1. The van der Waals surface area contributed by atoms with Crippen LogP contribution < -0.4 is 37.7 Å². The van der Waals surface area contributed by atoms with Crippen LogP contribution in [0.15, 0.2) is 35.9 Å². The quantitative estimate of drug-likeness (QED) is 0.386. The normalized spacial score (nSPS) is 13.1. The topological polar surface area (TPSA) is 0 Å². The predicted octanol–water partition coefficient (Wildman–Crippen LogP) is 0.556. The van der Waals surface area contributed by atoms with Gasteiger partial charge < -0.3 is 22.5 Å². The summed E-state index contributed by atoms with van der Waals surface area (Å²) in [6.07, 6.45) is 3.59. The largest absolute Gasteiger partial charge is 1.00 e. The van der Waals surface area contributed by atoms with Crippen molar-refractivity contribution in [2.24, 2.45) is 0 Å². The van der Waals surface area contributed by atoms with Gasteiger partial charge in [-0.15, -0.1) is 18.6 Å². The maximum atomic E-state index is 3.89. The monoisotopic (exact) mass is 342 g/mol. The Hall–Kier alpha value is 0.329. The molecule has 0 amide bonds. The van der Waals surface area contributed by atoms with Crippen molar-refractivity contribution >= 4 is 21.7 Å². The van der Waals surface area contributed by atoms with E-state index in [4.69, 9.17) is 0 Å². The average molecular weight is 343 g/mol.